The number of aryl methyl sites for hydroxylation is 1. The second kappa shape index (κ2) is 5.75. The smallest absolute Gasteiger partial charge is 0.194 e. The maximum Gasteiger partial charge on any atom is 0.194 e. The number of fused-ring (bicyclic) bond motifs is 2. The van der Waals surface area contributed by atoms with Gasteiger partial charge >= 0.3 is 0 Å². The van der Waals surface area contributed by atoms with Crippen LogP contribution in [0.1, 0.15) is 48.5 Å². The number of carbonyl (C=O) groups excluding carboxylic acids is 2. The van der Waals surface area contributed by atoms with Crippen molar-refractivity contribution >= 4 is 11.6 Å². The summed E-state index contributed by atoms with van der Waals surface area (Å²) in [5.74, 6) is -0.330. The van der Waals surface area contributed by atoms with Gasteiger partial charge < -0.3 is 5.73 Å². The first-order chi connectivity index (χ1) is 12.4. The van der Waals surface area contributed by atoms with Crippen molar-refractivity contribution in [1.29, 1.82) is 0 Å². The molecule has 1 unspecified atom stereocenters. The van der Waals surface area contributed by atoms with Crippen LogP contribution in [0.3, 0.4) is 0 Å². The molecular weight excluding hydrogens is 322 g/mol. The lowest BCUT2D eigenvalue weighted by Crippen LogP contribution is -2.38. The minimum absolute atomic E-state index is 0.152. The fraction of sp³-hybridized carbons (Fsp3) is 0.0870. The first kappa shape index (κ1) is 16.4. The van der Waals surface area contributed by atoms with Crippen LogP contribution in [0.2, 0.25) is 0 Å². The number of rotatable bonds is 2. The summed E-state index contributed by atoms with van der Waals surface area (Å²) in [6.07, 6.45) is 0. The van der Waals surface area contributed by atoms with Gasteiger partial charge in [0.15, 0.2) is 11.6 Å². The van der Waals surface area contributed by atoms with Crippen LogP contribution in [0.4, 0.5) is 0 Å². The Morgan fingerprint density at radius 2 is 1.54 bits per heavy atom. The van der Waals surface area contributed by atoms with E-state index in [4.69, 9.17) is 5.73 Å². The number of hydrogen-bond donors (Lipinski definition) is 1. The molecule has 3 nitrogen and oxygen atoms in total. The van der Waals surface area contributed by atoms with Gasteiger partial charge in [-0.2, -0.15) is 0 Å². The minimum atomic E-state index is -1.14. The molecule has 3 aromatic rings. The van der Waals surface area contributed by atoms with Crippen molar-refractivity contribution in [2.45, 2.75) is 12.5 Å². The predicted molar refractivity (Wildman–Crippen MR) is 101 cm³/mol. The second-order valence-corrected chi connectivity index (χ2v) is 6.77. The van der Waals surface area contributed by atoms with Crippen LogP contribution in [0, 0.1) is 13.8 Å². The van der Waals surface area contributed by atoms with Crippen molar-refractivity contribution in [2.24, 2.45) is 5.73 Å². The molecule has 4 rings (SSSR count). The number of hydrogen-bond acceptors (Lipinski definition) is 3. The summed E-state index contributed by atoms with van der Waals surface area (Å²) < 4.78 is 0. The maximum absolute atomic E-state index is 13.3. The largest absolute Gasteiger partial charge is 0.318 e. The molecule has 26 heavy (non-hydrogen) atoms. The molecule has 0 fully saturated rings. The van der Waals surface area contributed by atoms with Gasteiger partial charge in [0, 0.05) is 22.3 Å². The van der Waals surface area contributed by atoms with Crippen LogP contribution in [0.15, 0.2) is 66.7 Å². The fourth-order valence-electron chi connectivity index (χ4n) is 3.57. The van der Waals surface area contributed by atoms with E-state index in [2.05, 4.69) is 6.92 Å². The van der Waals surface area contributed by atoms with E-state index in [1.165, 1.54) is 0 Å². The van der Waals surface area contributed by atoms with Crippen LogP contribution < -0.4 is 5.73 Å². The standard InChI is InChI=1S/C23H18NO2/c1-14-11-12-16-18(13-14)22(26)20-17(21(16)25)9-6-10-19(20)23(2,24)15-7-4-3-5-8-15/h3-13H,2,24H2,1H3. The van der Waals surface area contributed by atoms with Gasteiger partial charge in [-0.25, -0.2) is 0 Å². The Balaban J connectivity index is 1.97. The summed E-state index contributed by atoms with van der Waals surface area (Å²) in [6.45, 7) is 6.07. The van der Waals surface area contributed by atoms with Crippen molar-refractivity contribution in [2.75, 3.05) is 0 Å². The zero-order valence-corrected chi connectivity index (χ0v) is 14.5. The zero-order valence-electron chi connectivity index (χ0n) is 14.5. The van der Waals surface area contributed by atoms with Crippen LogP contribution >= 0.6 is 0 Å². The maximum atomic E-state index is 13.3. The summed E-state index contributed by atoms with van der Waals surface area (Å²) in [6, 6.07) is 20.0. The molecule has 0 saturated heterocycles. The number of nitrogens with two attached hydrogens (primary N) is 1. The van der Waals surface area contributed by atoms with Gasteiger partial charge in [-0.1, -0.05) is 66.2 Å². The van der Waals surface area contributed by atoms with E-state index in [-0.39, 0.29) is 11.6 Å². The third-order valence-corrected chi connectivity index (χ3v) is 4.97. The van der Waals surface area contributed by atoms with E-state index in [0.717, 1.165) is 11.1 Å². The molecule has 0 saturated carbocycles. The van der Waals surface area contributed by atoms with Gasteiger partial charge in [0.05, 0.1) is 5.54 Å². The summed E-state index contributed by atoms with van der Waals surface area (Å²) in [5, 5.41) is 0. The third kappa shape index (κ3) is 2.32. The highest BCUT2D eigenvalue weighted by atomic mass is 16.1. The lowest BCUT2D eigenvalue weighted by Gasteiger charge is -2.30. The molecule has 0 spiro atoms. The average molecular weight is 340 g/mol. The molecule has 3 aromatic carbocycles. The average Bonchev–Trinajstić information content (AvgIpc) is 2.66. The van der Waals surface area contributed by atoms with E-state index >= 15 is 0 Å². The molecule has 0 amide bonds. The quantitative estimate of drug-likeness (QED) is 0.604. The van der Waals surface area contributed by atoms with Crippen molar-refractivity contribution in [3.8, 4) is 0 Å². The zero-order chi connectivity index (χ0) is 18.5. The molecule has 127 valence electrons. The van der Waals surface area contributed by atoms with E-state index < -0.39 is 5.54 Å². The van der Waals surface area contributed by atoms with Gasteiger partial charge in [-0.15, -0.1) is 0 Å². The highest BCUT2D eigenvalue weighted by molar-refractivity contribution is 6.29. The predicted octanol–water partition coefficient (Wildman–Crippen LogP) is 3.81. The molecular formula is C23H18NO2. The summed E-state index contributed by atoms with van der Waals surface area (Å²) in [7, 11) is 0. The van der Waals surface area contributed by atoms with E-state index in [9.17, 15) is 9.59 Å². The van der Waals surface area contributed by atoms with Gasteiger partial charge in [0.25, 0.3) is 0 Å². The highest BCUT2D eigenvalue weighted by Gasteiger charge is 2.36. The number of carbonyl (C=O) groups is 2. The Hall–Kier alpha value is -3.04. The normalized spacial score (nSPS) is 15.2. The van der Waals surface area contributed by atoms with Gasteiger partial charge in [0.1, 0.15) is 0 Å². The van der Waals surface area contributed by atoms with E-state index in [1.54, 1.807) is 30.3 Å². The monoisotopic (exact) mass is 340 g/mol. The summed E-state index contributed by atoms with van der Waals surface area (Å²) in [4.78, 5) is 26.2. The molecule has 1 atom stereocenters. The van der Waals surface area contributed by atoms with Gasteiger partial charge in [-0.05, 0) is 31.0 Å². The topological polar surface area (TPSA) is 60.2 Å². The van der Waals surface area contributed by atoms with Crippen molar-refractivity contribution < 1.29 is 9.59 Å². The lowest BCUT2D eigenvalue weighted by atomic mass is 9.75. The highest BCUT2D eigenvalue weighted by Crippen LogP contribution is 2.36. The SMILES string of the molecule is [CH2]C(N)(c1ccccc1)c1cccc2c1C(=O)c1cc(C)ccc1C2=O. The molecule has 1 aliphatic carbocycles. The third-order valence-electron chi connectivity index (χ3n) is 4.97. The minimum Gasteiger partial charge on any atom is -0.318 e. The molecule has 0 heterocycles. The number of benzene rings is 3. The Morgan fingerprint density at radius 3 is 2.27 bits per heavy atom. The molecule has 0 aliphatic heterocycles. The van der Waals surface area contributed by atoms with Gasteiger partial charge in [0.2, 0.25) is 0 Å². The molecule has 2 N–H and O–H groups in total. The first-order valence-corrected chi connectivity index (χ1v) is 8.44. The lowest BCUT2D eigenvalue weighted by molar-refractivity contribution is 0.0977. The van der Waals surface area contributed by atoms with Crippen molar-refractivity contribution in [3.63, 3.8) is 0 Å². The molecule has 0 bridgehead atoms. The van der Waals surface area contributed by atoms with Crippen molar-refractivity contribution in [1.82, 2.24) is 0 Å². The van der Waals surface area contributed by atoms with Crippen LogP contribution in [-0.4, -0.2) is 11.6 Å². The van der Waals surface area contributed by atoms with Crippen LogP contribution in [0.25, 0.3) is 0 Å². The molecule has 1 aliphatic rings. The Kier molecular flexibility index (Phi) is 3.63. The van der Waals surface area contributed by atoms with E-state index in [0.29, 0.717) is 27.8 Å². The Labute approximate surface area is 152 Å². The van der Waals surface area contributed by atoms with Crippen LogP contribution in [-0.2, 0) is 5.54 Å². The summed E-state index contributed by atoms with van der Waals surface area (Å²) >= 11 is 0. The Morgan fingerprint density at radius 1 is 0.808 bits per heavy atom. The molecule has 0 aromatic heterocycles. The van der Waals surface area contributed by atoms with Crippen molar-refractivity contribution in [3.05, 3.63) is 113 Å². The summed E-state index contributed by atoms with van der Waals surface area (Å²) in [5.41, 5.74) is 9.32. The number of ketones is 2. The fourth-order valence-corrected chi connectivity index (χ4v) is 3.57. The van der Waals surface area contributed by atoms with E-state index in [1.807, 2.05) is 43.3 Å². The first-order valence-electron chi connectivity index (χ1n) is 8.44. The molecule has 1 radical (unpaired) electrons. The molecule has 3 heteroatoms. The Bertz CT molecular complexity index is 1050. The van der Waals surface area contributed by atoms with Gasteiger partial charge in [-0.3, -0.25) is 9.59 Å². The van der Waals surface area contributed by atoms with Crippen LogP contribution in [0.5, 0.6) is 0 Å². The second-order valence-electron chi connectivity index (χ2n) is 6.77.